The van der Waals surface area contributed by atoms with Gasteiger partial charge in [-0.2, -0.15) is 0 Å². The monoisotopic (exact) mass is 317 g/mol. The largest absolute Gasteiger partial charge is 0.348 e. The maximum atomic E-state index is 12.1. The van der Waals surface area contributed by atoms with Crippen molar-refractivity contribution in [2.75, 3.05) is 6.54 Å². The van der Waals surface area contributed by atoms with Crippen molar-refractivity contribution in [1.29, 1.82) is 0 Å². The second kappa shape index (κ2) is 8.60. The van der Waals surface area contributed by atoms with Crippen LogP contribution in [-0.4, -0.2) is 23.5 Å². The van der Waals surface area contributed by atoms with Crippen LogP contribution in [0.2, 0.25) is 0 Å². The standard InChI is InChI=1S/C14H23N3OS.ClH/c1-2-10-4-3-5-11(8-10)16-14(18)12-9-19-13(17-12)6-7-15;/h9-11H,2-8,15H2,1H3,(H,16,18);1H. The van der Waals surface area contributed by atoms with Crippen molar-refractivity contribution in [3.63, 3.8) is 0 Å². The first kappa shape index (κ1) is 17.4. The van der Waals surface area contributed by atoms with Crippen LogP contribution in [0.1, 0.15) is 54.5 Å². The molecule has 114 valence electrons. The number of hydrogen-bond donors (Lipinski definition) is 2. The summed E-state index contributed by atoms with van der Waals surface area (Å²) >= 11 is 1.52. The number of nitrogens with one attached hydrogen (secondary N) is 1. The molecule has 0 bridgehead atoms. The zero-order valence-corrected chi connectivity index (χ0v) is 13.6. The minimum Gasteiger partial charge on any atom is -0.348 e. The van der Waals surface area contributed by atoms with Gasteiger partial charge in [0.25, 0.3) is 5.91 Å². The van der Waals surface area contributed by atoms with Crippen LogP contribution in [0.25, 0.3) is 0 Å². The highest BCUT2D eigenvalue weighted by molar-refractivity contribution is 7.09. The number of carbonyl (C=O) groups excluding carboxylic acids is 1. The maximum Gasteiger partial charge on any atom is 0.270 e. The van der Waals surface area contributed by atoms with Gasteiger partial charge in [0.2, 0.25) is 0 Å². The van der Waals surface area contributed by atoms with Crippen molar-refractivity contribution in [3.05, 3.63) is 16.1 Å². The van der Waals surface area contributed by atoms with Crippen LogP contribution in [0.15, 0.2) is 5.38 Å². The summed E-state index contributed by atoms with van der Waals surface area (Å²) in [4.78, 5) is 16.5. The predicted octanol–water partition coefficient (Wildman–Crippen LogP) is 2.76. The Balaban J connectivity index is 0.00000200. The van der Waals surface area contributed by atoms with Gasteiger partial charge in [-0.1, -0.05) is 26.2 Å². The molecule has 0 spiro atoms. The lowest BCUT2D eigenvalue weighted by atomic mass is 9.84. The second-order valence-electron chi connectivity index (χ2n) is 5.28. The van der Waals surface area contributed by atoms with Crippen molar-refractivity contribution < 1.29 is 4.79 Å². The van der Waals surface area contributed by atoms with Crippen molar-refractivity contribution >= 4 is 29.7 Å². The molecule has 1 fully saturated rings. The summed E-state index contributed by atoms with van der Waals surface area (Å²) < 4.78 is 0. The Morgan fingerprint density at radius 2 is 2.35 bits per heavy atom. The van der Waals surface area contributed by atoms with Crippen molar-refractivity contribution in [3.8, 4) is 0 Å². The van der Waals surface area contributed by atoms with E-state index in [1.54, 1.807) is 0 Å². The van der Waals surface area contributed by atoms with E-state index in [9.17, 15) is 4.79 Å². The third-order valence-electron chi connectivity index (χ3n) is 3.84. The van der Waals surface area contributed by atoms with Crippen LogP contribution in [0.4, 0.5) is 0 Å². The van der Waals surface area contributed by atoms with E-state index in [1.807, 2.05) is 5.38 Å². The Kier molecular flexibility index (Phi) is 7.48. The molecule has 0 radical (unpaired) electrons. The minimum absolute atomic E-state index is 0. The molecule has 3 N–H and O–H groups in total. The highest BCUT2D eigenvalue weighted by Crippen LogP contribution is 2.26. The summed E-state index contributed by atoms with van der Waals surface area (Å²) in [6.45, 7) is 2.81. The summed E-state index contributed by atoms with van der Waals surface area (Å²) in [5.41, 5.74) is 6.04. The molecule has 2 rings (SSSR count). The topological polar surface area (TPSA) is 68.0 Å². The minimum atomic E-state index is -0.0266. The molecule has 1 saturated carbocycles. The molecule has 1 heterocycles. The molecule has 1 amide bonds. The Morgan fingerprint density at radius 1 is 1.55 bits per heavy atom. The first-order valence-electron chi connectivity index (χ1n) is 7.18. The molecule has 0 aliphatic heterocycles. The summed E-state index contributed by atoms with van der Waals surface area (Å²) in [7, 11) is 0. The maximum absolute atomic E-state index is 12.1. The molecular formula is C14H24ClN3OS. The average molecular weight is 318 g/mol. The van der Waals surface area contributed by atoms with Gasteiger partial charge in [0.15, 0.2) is 0 Å². The quantitative estimate of drug-likeness (QED) is 0.877. The molecule has 1 aromatic rings. The molecule has 0 aromatic carbocycles. The average Bonchev–Trinajstić information content (AvgIpc) is 2.88. The normalized spacial score (nSPS) is 22.1. The molecule has 6 heteroatoms. The van der Waals surface area contributed by atoms with Gasteiger partial charge in [-0.15, -0.1) is 23.7 Å². The van der Waals surface area contributed by atoms with Crippen molar-refractivity contribution in [1.82, 2.24) is 10.3 Å². The Hall–Kier alpha value is -0.650. The number of hydrogen-bond acceptors (Lipinski definition) is 4. The van der Waals surface area contributed by atoms with Crippen LogP contribution in [0, 0.1) is 5.92 Å². The molecule has 1 aliphatic carbocycles. The van der Waals surface area contributed by atoms with E-state index in [-0.39, 0.29) is 18.3 Å². The molecule has 1 aliphatic rings. The zero-order chi connectivity index (χ0) is 13.7. The highest BCUT2D eigenvalue weighted by atomic mass is 35.5. The molecule has 4 nitrogen and oxygen atoms in total. The number of amides is 1. The van der Waals surface area contributed by atoms with Crippen molar-refractivity contribution in [2.24, 2.45) is 11.7 Å². The van der Waals surface area contributed by atoms with Crippen molar-refractivity contribution in [2.45, 2.75) is 51.5 Å². The first-order chi connectivity index (χ1) is 9.22. The molecule has 2 unspecified atom stereocenters. The number of rotatable bonds is 5. The Morgan fingerprint density at radius 3 is 3.05 bits per heavy atom. The van der Waals surface area contributed by atoms with Gasteiger partial charge in [-0.25, -0.2) is 4.98 Å². The van der Waals surface area contributed by atoms with Crippen LogP contribution in [0.3, 0.4) is 0 Å². The van der Waals surface area contributed by atoms with Gasteiger partial charge >= 0.3 is 0 Å². The lowest BCUT2D eigenvalue weighted by molar-refractivity contribution is 0.0914. The molecule has 20 heavy (non-hydrogen) atoms. The van der Waals surface area contributed by atoms with E-state index in [4.69, 9.17) is 5.73 Å². The summed E-state index contributed by atoms with van der Waals surface area (Å²) in [5.74, 6) is 0.739. The number of aromatic nitrogens is 1. The van der Waals surface area contributed by atoms with Crippen LogP contribution >= 0.6 is 23.7 Å². The van der Waals surface area contributed by atoms with E-state index >= 15 is 0 Å². The summed E-state index contributed by atoms with van der Waals surface area (Å²) in [6.07, 6.45) is 6.70. The SMILES string of the molecule is CCC1CCCC(NC(=O)c2csc(CCN)n2)C1.Cl. The van der Waals surface area contributed by atoms with Crippen LogP contribution in [-0.2, 0) is 6.42 Å². The third-order valence-corrected chi connectivity index (χ3v) is 4.75. The Bertz CT molecular complexity index is 424. The smallest absolute Gasteiger partial charge is 0.270 e. The van der Waals surface area contributed by atoms with Gasteiger partial charge in [0.1, 0.15) is 5.69 Å². The number of nitrogens with two attached hydrogens (primary N) is 1. The predicted molar refractivity (Wildman–Crippen MR) is 85.6 cm³/mol. The fourth-order valence-corrected chi connectivity index (χ4v) is 3.50. The van der Waals surface area contributed by atoms with E-state index in [0.717, 1.165) is 30.2 Å². The van der Waals surface area contributed by atoms with Crippen LogP contribution < -0.4 is 11.1 Å². The summed E-state index contributed by atoms with van der Waals surface area (Å²) in [6, 6.07) is 0.325. The lowest BCUT2D eigenvalue weighted by Crippen LogP contribution is -2.38. The highest BCUT2D eigenvalue weighted by Gasteiger charge is 2.23. The molecule has 2 atom stereocenters. The fourth-order valence-electron chi connectivity index (χ4n) is 2.71. The van der Waals surface area contributed by atoms with Gasteiger partial charge < -0.3 is 11.1 Å². The molecular weight excluding hydrogens is 294 g/mol. The zero-order valence-electron chi connectivity index (χ0n) is 11.9. The molecule has 1 aromatic heterocycles. The van der Waals surface area contributed by atoms with E-state index < -0.39 is 0 Å². The molecule has 0 saturated heterocycles. The first-order valence-corrected chi connectivity index (χ1v) is 8.06. The third kappa shape index (κ3) is 4.72. The number of halogens is 1. The number of nitrogens with zero attached hydrogens (tertiary/aromatic N) is 1. The van der Waals surface area contributed by atoms with E-state index in [0.29, 0.717) is 18.3 Å². The fraction of sp³-hybridized carbons (Fsp3) is 0.714. The van der Waals surface area contributed by atoms with E-state index in [1.165, 1.54) is 30.6 Å². The van der Waals surface area contributed by atoms with Gasteiger partial charge in [-0.3, -0.25) is 4.79 Å². The Labute approximate surface area is 131 Å². The second-order valence-corrected chi connectivity index (χ2v) is 6.22. The summed E-state index contributed by atoms with van der Waals surface area (Å²) in [5, 5.41) is 5.91. The van der Waals surface area contributed by atoms with Gasteiger partial charge in [0, 0.05) is 17.8 Å². The van der Waals surface area contributed by atoms with Crippen LogP contribution in [0.5, 0.6) is 0 Å². The number of thiazole rings is 1. The van der Waals surface area contributed by atoms with Gasteiger partial charge in [-0.05, 0) is 25.3 Å². The number of carbonyl (C=O) groups is 1. The lowest BCUT2D eigenvalue weighted by Gasteiger charge is -2.28. The van der Waals surface area contributed by atoms with Gasteiger partial charge in [0.05, 0.1) is 5.01 Å². The van der Waals surface area contributed by atoms with E-state index in [2.05, 4.69) is 17.2 Å².